The van der Waals surface area contributed by atoms with Gasteiger partial charge in [0.05, 0.1) is 0 Å². The summed E-state index contributed by atoms with van der Waals surface area (Å²) in [7, 11) is 12.4. The van der Waals surface area contributed by atoms with E-state index in [4.69, 9.17) is 19.4 Å². The molecule has 244 valence electrons. The number of halogens is 2. The van der Waals surface area contributed by atoms with Gasteiger partial charge < -0.3 is 9.80 Å². The summed E-state index contributed by atoms with van der Waals surface area (Å²) in [6, 6.07) is 33.5. The number of anilines is 2. The van der Waals surface area contributed by atoms with Crippen molar-refractivity contribution in [1.29, 1.82) is 0 Å². The summed E-state index contributed by atoms with van der Waals surface area (Å²) >= 11 is -1.88. The molecule has 0 radical (unpaired) electrons. The third-order valence-electron chi connectivity index (χ3n) is 8.24. The van der Waals surface area contributed by atoms with E-state index in [2.05, 4.69) is 124 Å². The van der Waals surface area contributed by atoms with Gasteiger partial charge in [0.25, 0.3) is 0 Å². The minimum absolute atomic E-state index is 1.04. The van der Waals surface area contributed by atoms with Crippen LogP contribution in [0.25, 0.3) is 5.57 Å². The molecule has 3 nitrogen and oxygen atoms in total. The molecule has 2 heterocycles. The van der Waals surface area contributed by atoms with Crippen LogP contribution in [0.3, 0.4) is 0 Å². The van der Waals surface area contributed by atoms with Gasteiger partial charge in [-0.2, -0.15) is 6.67 Å². The van der Waals surface area contributed by atoms with Gasteiger partial charge in [0.1, 0.15) is 0 Å². The van der Waals surface area contributed by atoms with Crippen molar-refractivity contribution in [2.75, 3.05) is 22.9 Å². The quantitative estimate of drug-likeness (QED) is 0.135. The Morgan fingerprint density at radius 1 is 0.596 bits per heavy atom. The second-order valence-electron chi connectivity index (χ2n) is 12.0. The van der Waals surface area contributed by atoms with E-state index < -0.39 is 13.5 Å². The molecule has 1 aliphatic carbocycles. The van der Waals surface area contributed by atoms with Crippen LogP contribution in [0, 0.1) is 48.2 Å². The molecule has 1 saturated heterocycles. The summed E-state index contributed by atoms with van der Waals surface area (Å²) in [5.74, 6) is 0. The fourth-order valence-electron chi connectivity index (χ4n) is 6.57. The van der Waals surface area contributed by atoms with Crippen LogP contribution in [-0.2, 0) is 13.5 Å². The van der Waals surface area contributed by atoms with E-state index in [1.54, 1.807) is 12.4 Å². The smallest absolute Gasteiger partial charge is 0.0267 e. The number of aryl methyl sites for hydroxylation is 6. The summed E-state index contributed by atoms with van der Waals surface area (Å²) in [5.41, 5.74) is 15.7. The van der Waals surface area contributed by atoms with Crippen molar-refractivity contribution in [2.24, 2.45) is 0 Å². The number of rotatable bonds is 3. The number of pyridine rings is 1. The summed E-state index contributed by atoms with van der Waals surface area (Å²) in [6.07, 6.45) is 5.65. The number of aromatic nitrogens is 1. The van der Waals surface area contributed by atoms with Gasteiger partial charge in [0.2, 0.25) is 0 Å². The molecule has 1 fully saturated rings. The zero-order valence-electron chi connectivity index (χ0n) is 27.9. The number of nitrogens with zero attached hydrogens (tertiary/aromatic N) is 3. The molecular weight excluding hydrogens is 706 g/mol. The molecule has 6 heteroatoms. The van der Waals surface area contributed by atoms with Gasteiger partial charge in [0, 0.05) is 36.9 Å². The van der Waals surface area contributed by atoms with E-state index in [0.29, 0.717) is 0 Å². The van der Waals surface area contributed by atoms with Crippen LogP contribution in [0.4, 0.5) is 11.4 Å². The Balaban J connectivity index is 0.000000160. The Hall–Kier alpha value is -3.56. The zero-order chi connectivity index (χ0) is 33.5. The van der Waals surface area contributed by atoms with E-state index in [0.717, 1.165) is 17.2 Å². The number of hydrogen-bond acceptors (Lipinski definition) is 3. The zero-order valence-corrected chi connectivity index (χ0v) is 31.2. The van der Waals surface area contributed by atoms with Crippen LogP contribution < -0.4 is 9.80 Å². The fourth-order valence-corrected chi connectivity index (χ4v) is 9.05. The van der Waals surface area contributed by atoms with Crippen LogP contribution in [0.5, 0.6) is 0 Å². The topological polar surface area (TPSA) is 19.4 Å². The first kappa shape index (κ1) is 34.8. The molecule has 0 spiro atoms. The molecule has 0 bridgehead atoms. The molecule has 5 aromatic rings. The predicted octanol–water partition coefficient (Wildman–Crippen LogP) is 10.6. The molecule has 0 unspecified atom stereocenters. The fraction of sp³-hybridized carbons (Fsp3) is 0.195. The maximum Gasteiger partial charge on any atom is 0.0267 e. The van der Waals surface area contributed by atoms with Gasteiger partial charge in [-0.1, -0.05) is 41.5 Å². The van der Waals surface area contributed by atoms with Crippen LogP contribution in [0.1, 0.15) is 50.1 Å². The van der Waals surface area contributed by atoms with Gasteiger partial charge >= 0.3 is 120 Å². The summed E-state index contributed by atoms with van der Waals surface area (Å²) < 4.78 is 1.12. The maximum atomic E-state index is 6.19. The minimum atomic E-state index is -1.88. The van der Waals surface area contributed by atoms with Crippen molar-refractivity contribution in [1.82, 2.24) is 4.98 Å². The molecule has 0 amide bonds. The maximum absolute atomic E-state index is 6.19. The Bertz CT molecular complexity index is 1760. The average Bonchev–Trinajstić information content (AvgIpc) is 3.68. The molecule has 1 aromatic heterocycles. The molecular formula is C41H42Cl2N3Ru-. The van der Waals surface area contributed by atoms with Crippen molar-refractivity contribution in [2.45, 2.75) is 41.5 Å². The molecule has 7 rings (SSSR count). The third-order valence-corrected chi connectivity index (χ3v) is 11.4. The van der Waals surface area contributed by atoms with E-state index in [1.165, 1.54) is 67.0 Å². The summed E-state index contributed by atoms with van der Waals surface area (Å²) in [5, 5.41) is 0. The standard InChI is InChI=1S/C21H27N2.C15H10.C5H5N.2ClH.Ru/c1-14-9-16(3)20(17(4)10-14)22-7-8-23(13-22)21-18(5)11-15(2)12-19(21)6;1-2-6-12(7-3-1)15-11-10-13-8-4-5-9-14(13)15;1-2-4-6-5-3-1;;;/h9-13H,7-8H2,1-6H3;1-9,11H;1-5H;2*1H;/q-1;;;;;+2/p-2. The third kappa shape index (κ3) is 8.49. The Morgan fingerprint density at radius 2 is 1.04 bits per heavy atom. The average molecular weight is 749 g/mol. The predicted molar refractivity (Wildman–Crippen MR) is 200 cm³/mol. The second kappa shape index (κ2) is 16.0. The van der Waals surface area contributed by atoms with Crippen molar-refractivity contribution < 1.29 is 13.5 Å². The molecule has 2 aliphatic rings. The van der Waals surface area contributed by atoms with Crippen molar-refractivity contribution in [3.63, 3.8) is 0 Å². The number of hydrogen-bond donors (Lipinski definition) is 0. The van der Waals surface area contributed by atoms with E-state index in [9.17, 15) is 0 Å². The normalized spacial score (nSPS) is 13.7. The first-order valence-corrected chi connectivity index (χ1v) is 21.1. The van der Waals surface area contributed by atoms with Gasteiger partial charge in [-0.25, -0.2) is 0 Å². The summed E-state index contributed by atoms with van der Waals surface area (Å²) in [4.78, 5) is 8.60. The van der Waals surface area contributed by atoms with E-state index >= 15 is 0 Å². The molecule has 0 saturated carbocycles. The van der Waals surface area contributed by atoms with Gasteiger partial charge in [-0.05, 0) is 75.9 Å². The van der Waals surface area contributed by atoms with E-state index in [1.807, 2.05) is 42.5 Å². The van der Waals surface area contributed by atoms with Crippen molar-refractivity contribution >= 4 is 40.4 Å². The number of fused-ring (bicyclic) bond motifs is 1. The Labute approximate surface area is 294 Å². The largest absolute Gasteiger partial charge is 0.265 e. The van der Waals surface area contributed by atoms with E-state index in [-0.39, 0.29) is 0 Å². The van der Waals surface area contributed by atoms with Gasteiger partial charge in [0.15, 0.2) is 0 Å². The molecule has 47 heavy (non-hydrogen) atoms. The van der Waals surface area contributed by atoms with Crippen LogP contribution >= 0.6 is 19.4 Å². The first-order valence-electron chi connectivity index (χ1n) is 15.8. The first-order chi connectivity index (χ1) is 22.6. The van der Waals surface area contributed by atoms with Crippen molar-refractivity contribution in [3.05, 3.63) is 172 Å². The van der Waals surface area contributed by atoms with Crippen LogP contribution in [0.2, 0.25) is 0 Å². The second-order valence-corrected chi connectivity index (χ2v) is 17.8. The molecule has 0 N–H and O–H groups in total. The van der Waals surface area contributed by atoms with Gasteiger partial charge in [-0.3, -0.25) is 4.98 Å². The molecule has 4 aromatic carbocycles. The molecule has 1 aliphatic heterocycles. The Morgan fingerprint density at radius 3 is 1.47 bits per heavy atom. The van der Waals surface area contributed by atoms with Crippen molar-refractivity contribution in [3.8, 4) is 0 Å². The monoisotopic (exact) mass is 748 g/mol. The SMILES string of the molecule is Cc1cc(C)c(N2[CH-]N(c3c(C)cc(C)cc3C)CC2)c(C)c1.[Cl][Ru]([Cl])=[C]1C=C(c2ccccc2)c2ccccc21.c1ccncc1. The van der Waals surface area contributed by atoms with Crippen LogP contribution in [0.15, 0.2) is 116 Å². The number of allylic oxidation sites excluding steroid dienone is 1. The molecule has 0 atom stereocenters. The van der Waals surface area contributed by atoms with Gasteiger partial charge in [-0.15, -0.1) is 0 Å². The summed E-state index contributed by atoms with van der Waals surface area (Å²) in [6.45, 7) is 17.6. The Kier molecular flexibility index (Phi) is 11.9. The van der Waals surface area contributed by atoms with Crippen LogP contribution in [-0.4, -0.2) is 22.2 Å². The number of benzene rings is 4. The minimum Gasteiger partial charge on any atom is -0.265 e.